The van der Waals surface area contributed by atoms with Crippen LogP contribution in [-0.2, 0) is 6.42 Å². The Balaban J connectivity index is 1.78. The minimum absolute atomic E-state index is 0.0103. The van der Waals surface area contributed by atoms with E-state index in [9.17, 15) is 9.59 Å². The van der Waals surface area contributed by atoms with Crippen molar-refractivity contribution in [3.63, 3.8) is 0 Å². The number of H-pyrrole nitrogens is 1. The van der Waals surface area contributed by atoms with Gasteiger partial charge in [-0.1, -0.05) is 6.07 Å². The first-order chi connectivity index (χ1) is 12.5. The molecule has 0 saturated heterocycles. The molecule has 0 radical (unpaired) electrons. The SMILES string of the molecule is CC(=O)c1c(C)[nH]c(C(=O)N2CCc3sccc3[C@@H]2c2cccs2)c1C. The Morgan fingerprint density at radius 2 is 2.00 bits per heavy atom. The summed E-state index contributed by atoms with van der Waals surface area (Å²) >= 11 is 3.44. The van der Waals surface area contributed by atoms with E-state index in [1.165, 1.54) is 15.3 Å². The number of thiophene rings is 2. The lowest BCUT2D eigenvalue weighted by molar-refractivity contribution is 0.0692. The Hall–Kier alpha value is -2.18. The fraction of sp³-hybridized carbons (Fsp3) is 0.300. The van der Waals surface area contributed by atoms with Crippen molar-refractivity contribution in [2.75, 3.05) is 6.54 Å². The molecule has 1 amide bonds. The third-order valence-corrected chi connectivity index (χ3v) is 6.96. The molecule has 0 spiro atoms. The average molecular weight is 385 g/mol. The van der Waals surface area contributed by atoms with Crippen molar-refractivity contribution in [3.8, 4) is 0 Å². The summed E-state index contributed by atoms with van der Waals surface area (Å²) in [6.07, 6.45) is 0.874. The van der Waals surface area contributed by atoms with Crippen LogP contribution in [0.1, 0.15) is 60.4 Å². The van der Waals surface area contributed by atoms with Crippen molar-refractivity contribution in [1.82, 2.24) is 9.88 Å². The molecule has 26 heavy (non-hydrogen) atoms. The van der Waals surface area contributed by atoms with Crippen LogP contribution < -0.4 is 0 Å². The minimum atomic E-state index is -0.0544. The number of nitrogens with one attached hydrogen (secondary N) is 1. The second-order valence-corrected chi connectivity index (χ2v) is 8.63. The van der Waals surface area contributed by atoms with E-state index in [0.717, 1.165) is 17.7 Å². The maximum absolute atomic E-state index is 13.4. The number of nitrogens with zero attached hydrogens (tertiary/aromatic N) is 1. The van der Waals surface area contributed by atoms with Crippen LogP contribution in [0.4, 0.5) is 0 Å². The maximum atomic E-state index is 13.4. The third kappa shape index (κ3) is 2.64. The van der Waals surface area contributed by atoms with E-state index in [-0.39, 0.29) is 17.7 Å². The number of Topliss-reactive ketones (excluding diaryl/α,β-unsaturated/α-hetero) is 1. The molecule has 1 N–H and O–H groups in total. The molecule has 0 fully saturated rings. The molecule has 1 aliphatic heterocycles. The zero-order valence-corrected chi connectivity index (χ0v) is 16.6. The van der Waals surface area contributed by atoms with E-state index in [1.807, 2.05) is 24.8 Å². The summed E-state index contributed by atoms with van der Waals surface area (Å²) in [6.45, 7) is 5.93. The van der Waals surface area contributed by atoms with E-state index in [0.29, 0.717) is 17.8 Å². The van der Waals surface area contributed by atoms with Crippen LogP contribution in [-0.4, -0.2) is 28.1 Å². The third-order valence-electron chi connectivity index (χ3n) is 5.04. The summed E-state index contributed by atoms with van der Waals surface area (Å²) in [5, 5.41) is 4.16. The van der Waals surface area contributed by atoms with Crippen LogP contribution in [0.15, 0.2) is 29.0 Å². The van der Waals surface area contributed by atoms with Crippen LogP contribution >= 0.6 is 22.7 Å². The molecule has 0 unspecified atom stereocenters. The monoisotopic (exact) mass is 384 g/mol. The van der Waals surface area contributed by atoms with Gasteiger partial charge in [0.1, 0.15) is 5.69 Å². The van der Waals surface area contributed by atoms with Gasteiger partial charge in [0.05, 0.1) is 6.04 Å². The lowest BCUT2D eigenvalue weighted by Gasteiger charge is -2.35. The van der Waals surface area contributed by atoms with Gasteiger partial charge in [-0.05, 0) is 61.2 Å². The molecule has 0 aromatic carbocycles. The van der Waals surface area contributed by atoms with Crippen LogP contribution in [0.5, 0.6) is 0 Å². The lowest BCUT2D eigenvalue weighted by Crippen LogP contribution is -2.40. The van der Waals surface area contributed by atoms with Gasteiger partial charge >= 0.3 is 0 Å². The average Bonchev–Trinajstić information content (AvgIpc) is 3.32. The number of carbonyl (C=O) groups excluding carboxylic acids is 2. The Kier molecular flexibility index (Phi) is 4.32. The van der Waals surface area contributed by atoms with Crippen LogP contribution in [0, 0.1) is 13.8 Å². The maximum Gasteiger partial charge on any atom is 0.271 e. The standard InChI is InChI=1S/C20H20N2O2S2/c1-11-17(13(3)23)12(2)21-18(11)20(24)22-8-6-15-14(7-10-26-15)19(22)16-5-4-9-25-16/h4-5,7,9-10,19,21H,6,8H2,1-3H3/t19-/m1/s1. The van der Waals surface area contributed by atoms with Crippen molar-refractivity contribution in [2.24, 2.45) is 0 Å². The van der Waals surface area contributed by atoms with Crippen LogP contribution in [0.2, 0.25) is 0 Å². The molecule has 3 aromatic rings. The number of aryl methyl sites for hydroxylation is 1. The number of aromatic amines is 1. The van der Waals surface area contributed by atoms with Crippen molar-refractivity contribution >= 4 is 34.4 Å². The van der Waals surface area contributed by atoms with Gasteiger partial charge < -0.3 is 9.88 Å². The van der Waals surface area contributed by atoms with Crippen LogP contribution in [0.25, 0.3) is 0 Å². The molecule has 0 saturated carbocycles. The van der Waals surface area contributed by atoms with E-state index in [2.05, 4.69) is 27.9 Å². The van der Waals surface area contributed by atoms with Crippen molar-refractivity contribution in [1.29, 1.82) is 0 Å². The number of aromatic nitrogens is 1. The predicted octanol–water partition coefficient (Wildman–Crippen LogP) is 4.75. The Morgan fingerprint density at radius 3 is 2.65 bits per heavy atom. The van der Waals surface area contributed by atoms with Gasteiger partial charge in [-0.25, -0.2) is 0 Å². The van der Waals surface area contributed by atoms with Crippen molar-refractivity contribution in [3.05, 3.63) is 66.8 Å². The lowest BCUT2D eigenvalue weighted by atomic mass is 9.97. The van der Waals surface area contributed by atoms with Crippen molar-refractivity contribution < 1.29 is 9.59 Å². The molecule has 3 aromatic heterocycles. The quantitative estimate of drug-likeness (QED) is 0.663. The molecular weight excluding hydrogens is 364 g/mol. The fourth-order valence-electron chi connectivity index (χ4n) is 3.92. The Labute approximate surface area is 160 Å². The first-order valence-corrected chi connectivity index (χ1v) is 10.4. The van der Waals surface area contributed by atoms with E-state index in [4.69, 9.17) is 0 Å². The summed E-state index contributed by atoms with van der Waals surface area (Å²) in [6, 6.07) is 6.20. The van der Waals surface area contributed by atoms with Gasteiger partial charge in [-0.15, -0.1) is 22.7 Å². The summed E-state index contributed by atoms with van der Waals surface area (Å²) in [5.74, 6) is -0.0442. The van der Waals surface area contributed by atoms with E-state index >= 15 is 0 Å². The molecule has 6 heteroatoms. The Bertz CT molecular complexity index is 982. The largest absolute Gasteiger partial charge is 0.354 e. The second kappa shape index (κ2) is 6.52. The highest BCUT2D eigenvalue weighted by atomic mass is 32.1. The highest BCUT2D eigenvalue weighted by molar-refractivity contribution is 7.10. The number of amides is 1. The van der Waals surface area contributed by atoms with Gasteiger partial charge in [0.2, 0.25) is 0 Å². The van der Waals surface area contributed by atoms with Gasteiger partial charge in [0, 0.05) is 27.6 Å². The molecular formula is C20H20N2O2S2. The summed E-state index contributed by atoms with van der Waals surface area (Å²) in [5.41, 5.74) is 3.91. The van der Waals surface area contributed by atoms with Gasteiger partial charge in [0.15, 0.2) is 5.78 Å². The fourth-order valence-corrected chi connectivity index (χ4v) is 5.68. The number of hydrogen-bond acceptors (Lipinski definition) is 4. The zero-order chi connectivity index (χ0) is 18.4. The molecule has 4 heterocycles. The summed E-state index contributed by atoms with van der Waals surface area (Å²) in [7, 11) is 0. The molecule has 0 aliphatic carbocycles. The number of carbonyl (C=O) groups is 2. The number of fused-ring (bicyclic) bond motifs is 1. The smallest absolute Gasteiger partial charge is 0.271 e. The van der Waals surface area contributed by atoms with E-state index in [1.54, 1.807) is 29.6 Å². The first-order valence-electron chi connectivity index (χ1n) is 8.59. The van der Waals surface area contributed by atoms with Gasteiger partial charge in [-0.2, -0.15) is 0 Å². The van der Waals surface area contributed by atoms with Crippen LogP contribution in [0.3, 0.4) is 0 Å². The summed E-state index contributed by atoms with van der Waals surface area (Å²) in [4.78, 5) is 33.0. The molecule has 4 rings (SSSR count). The number of rotatable bonds is 3. The minimum Gasteiger partial charge on any atom is -0.354 e. The van der Waals surface area contributed by atoms with Gasteiger partial charge in [-0.3, -0.25) is 9.59 Å². The van der Waals surface area contributed by atoms with Crippen molar-refractivity contribution in [2.45, 2.75) is 33.2 Å². The van der Waals surface area contributed by atoms with E-state index < -0.39 is 0 Å². The molecule has 1 atom stereocenters. The highest BCUT2D eigenvalue weighted by Crippen LogP contribution is 2.40. The first kappa shape index (κ1) is 17.2. The topological polar surface area (TPSA) is 53.2 Å². The summed E-state index contributed by atoms with van der Waals surface area (Å²) < 4.78 is 0. The highest BCUT2D eigenvalue weighted by Gasteiger charge is 2.35. The molecule has 4 nitrogen and oxygen atoms in total. The number of ketones is 1. The van der Waals surface area contributed by atoms with Gasteiger partial charge in [0.25, 0.3) is 5.91 Å². The molecule has 0 bridgehead atoms. The predicted molar refractivity (Wildman–Crippen MR) is 105 cm³/mol. The molecule has 134 valence electrons. The second-order valence-electron chi connectivity index (χ2n) is 6.65. The number of hydrogen-bond donors (Lipinski definition) is 1. The normalized spacial score (nSPS) is 16.6. The zero-order valence-electron chi connectivity index (χ0n) is 15.0. The molecule has 1 aliphatic rings. The Morgan fingerprint density at radius 1 is 1.19 bits per heavy atom.